The van der Waals surface area contributed by atoms with Gasteiger partial charge < -0.3 is 14.5 Å². The van der Waals surface area contributed by atoms with Crippen LogP contribution in [0.5, 0.6) is 0 Å². The van der Waals surface area contributed by atoms with Gasteiger partial charge in [-0.25, -0.2) is 9.78 Å². The molecule has 0 radical (unpaired) electrons. The first-order valence-electron chi connectivity index (χ1n) is 8.34. The van der Waals surface area contributed by atoms with E-state index >= 15 is 0 Å². The number of hydrogen-bond acceptors (Lipinski definition) is 5. The lowest BCUT2D eigenvalue weighted by Crippen LogP contribution is -2.56. The summed E-state index contributed by atoms with van der Waals surface area (Å²) in [6, 6.07) is -0.00376. The van der Waals surface area contributed by atoms with Gasteiger partial charge in [-0.15, -0.1) is 11.3 Å². The molecule has 0 bridgehead atoms. The summed E-state index contributed by atoms with van der Waals surface area (Å²) in [5, 5.41) is 3.03. The molecule has 1 aliphatic rings. The number of amides is 2. The molecule has 134 valence electrons. The van der Waals surface area contributed by atoms with Crippen molar-refractivity contribution in [3.8, 4) is 0 Å². The van der Waals surface area contributed by atoms with Gasteiger partial charge in [-0.3, -0.25) is 4.79 Å². The highest BCUT2D eigenvalue weighted by atomic mass is 32.1. The van der Waals surface area contributed by atoms with Gasteiger partial charge >= 0.3 is 6.09 Å². The summed E-state index contributed by atoms with van der Waals surface area (Å²) in [5.74, 6) is 0.122. The summed E-state index contributed by atoms with van der Waals surface area (Å²) in [4.78, 5) is 32.5. The number of piperazine rings is 1. The van der Waals surface area contributed by atoms with E-state index in [0.29, 0.717) is 32.5 Å². The number of hydrogen-bond donors (Lipinski definition) is 0. The normalized spacial score (nSPS) is 18.6. The Morgan fingerprint density at radius 3 is 2.62 bits per heavy atom. The third-order valence-corrected chi connectivity index (χ3v) is 4.68. The van der Waals surface area contributed by atoms with Gasteiger partial charge in [-0.05, 0) is 41.0 Å². The minimum absolute atomic E-state index is 0.00376. The summed E-state index contributed by atoms with van der Waals surface area (Å²) in [7, 11) is 0. The van der Waals surface area contributed by atoms with Crippen molar-refractivity contribution in [1.82, 2.24) is 14.8 Å². The molecule has 0 aliphatic carbocycles. The van der Waals surface area contributed by atoms with Crippen molar-refractivity contribution in [2.24, 2.45) is 0 Å². The van der Waals surface area contributed by atoms with Crippen LogP contribution in [0.3, 0.4) is 0 Å². The fraction of sp³-hybridized carbons (Fsp3) is 0.706. The van der Waals surface area contributed by atoms with E-state index in [-0.39, 0.29) is 18.0 Å². The fourth-order valence-electron chi connectivity index (χ4n) is 2.72. The number of thiazole rings is 1. The van der Waals surface area contributed by atoms with E-state index in [2.05, 4.69) is 4.98 Å². The quantitative estimate of drug-likeness (QED) is 0.838. The molecule has 0 saturated carbocycles. The van der Waals surface area contributed by atoms with Gasteiger partial charge in [0.2, 0.25) is 5.91 Å². The molecular weight excluding hydrogens is 326 g/mol. The van der Waals surface area contributed by atoms with Gasteiger partial charge in [0, 0.05) is 37.5 Å². The summed E-state index contributed by atoms with van der Waals surface area (Å²) >= 11 is 1.61. The minimum atomic E-state index is -0.501. The Bertz CT molecular complexity index is 594. The minimum Gasteiger partial charge on any atom is -0.444 e. The first kappa shape index (κ1) is 18.7. The van der Waals surface area contributed by atoms with E-state index in [1.165, 1.54) is 0 Å². The molecule has 0 N–H and O–H groups in total. The molecule has 6 nitrogen and oxygen atoms in total. The molecule has 1 saturated heterocycles. The summed E-state index contributed by atoms with van der Waals surface area (Å²) < 4.78 is 5.41. The lowest BCUT2D eigenvalue weighted by atomic mass is 10.1. The molecule has 1 aliphatic heterocycles. The van der Waals surface area contributed by atoms with Crippen LogP contribution < -0.4 is 0 Å². The van der Waals surface area contributed by atoms with Crippen LogP contribution in [0.25, 0.3) is 0 Å². The van der Waals surface area contributed by atoms with Crippen molar-refractivity contribution in [1.29, 1.82) is 0 Å². The standard InChI is InChI=1S/C17H27N3O3S/c1-12-10-19(16(22)23-17(3,4)5)8-9-20(12)15(21)7-6-14-11-24-13(2)18-14/h11-12H,6-10H2,1-5H3/t12-/m0/s1. The first-order valence-corrected chi connectivity index (χ1v) is 9.22. The van der Waals surface area contributed by atoms with Gasteiger partial charge in [0.15, 0.2) is 0 Å². The Morgan fingerprint density at radius 2 is 2.08 bits per heavy atom. The van der Waals surface area contributed by atoms with E-state index in [1.54, 1.807) is 16.2 Å². The number of aryl methyl sites for hydroxylation is 2. The topological polar surface area (TPSA) is 62.7 Å². The van der Waals surface area contributed by atoms with Gasteiger partial charge in [-0.2, -0.15) is 0 Å². The van der Waals surface area contributed by atoms with Gasteiger partial charge in [0.1, 0.15) is 5.60 Å². The van der Waals surface area contributed by atoms with Gasteiger partial charge in [-0.1, -0.05) is 0 Å². The molecule has 1 aromatic rings. The Hall–Kier alpha value is -1.63. The molecule has 2 heterocycles. The summed E-state index contributed by atoms with van der Waals surface area (Å²) in [6.45, 7) is 11.1. The van der Waals surface area contributed by atoms with Crippen LogP contribution in [-0.4, -0.2) is 58.1 Å². The van der Waals surface area contributed by atoms with E-state index in [9.17, 15) is 9.59 Å². The Labute approximate surface area is 147 Å². The van der Waals surface area contributed by atoms with Crippen molar-refractivity contribution >= 4 is 23.3 Å². The molecule has 0 unspecified atom stereocenters. The van der Waals surface area contributed by atoms with E-state index in [0.717, 1.165) is 10.7 Å². The molecule has 1 aromatic heterocycles. The number of nitrogens with zero attached hydrogens (tertiary/aromatic N) is 3. The third kappa shape index (κ3) is 5.19. The second-order valence-electron chi connectivity index (χ2n) is 7.22. The Morgan fingerprint density at radius 1 is 1.38 bits per heavy atom. The van der Waals surface area contributed by atoms with Crippen LogP contribution in [0, 0.1) is 6.92 Å². The van der Waals surface area contributed by atoms with E-state index < -0.39 is 5.60 Å². The van der Waals surface area contributed by atoms with E-state index in [4.69, 9.17) is 4.74 Å². The predicted octanol–water partition coefficient (Wildman–Crippen LogP) is 2.85. The number of carbonyl (C=O) groups excluding carboxylic acids is 2. The molecular formula is C17H27N3O3S. The molecule has 0 spiro atoms. The SMILES string of the molecule is Cc1nc(CCC(=O)N2CCN(C(=O)OC(C)(C)C)C[C@@H]2C)cs1. The summed E-state index contributed by atoms with van der Waals surface area (Å²) in [6.07, 6.45) is 0.821. The highest BCUT2D eigenvalue weighted by Gasteiger charge is 2.31. The van der Waals surface area contributed by atoms with Crippen molar-refractivity contribution in [3.05, 3.63) is 16.1 Å². The van der Waals surface area contributed by atoms with Crippen LogP contribution in [0.4, 0.5) is 4.79 Å². The number of aromatic nitrogens is 1. The average molecular weight is 353 g/mol. The van der Waals surface area contributed by atoms with Crippen LogP contribution in [0.1, 0.15) is 44.8 Å². The first-order chi connectivity index (χ1) is 11.2. The van der Waals surface area contributed by atoms with Crippen LogP contribution >= 0.6 is 11.3 Å². The fourth-order valence-corrected chi connectivity index (χ4v) is 3.37. The Kier molecular flexibility index (Phi) is 5.85. The molecule has 1 atom stereocenters. The van der Waals surface area contributed by atoms with Crippen molar-refractivity contribution < 1.29 is 14.3 Å². The van der Waals surface area contributed by atoms with Crippen LogP contribution in [0.15, 0.2) is 5.38 Å². The maximum Gasteiger partial charge on any atom is 0.410 e. The second-order valence-corrected chi connectivity index (χ2v) is 8.28. The lowest BCUT2D eigenvalue weighted by molar-refractivity contribution is -0.135. The molecule has 0 aromatic carbocycles. The number of rotatable bonds is 3. The Balaban J connectivity index is 1.84. The monoisotopic (exact) mass is 353 g/mol. The highest BCUT2D eigenvalue weighted by molar-refractivity contribution is 7.09. The molecule has 2 rings (SSSR count). The number of carbonyl (C=O) groups is 2. The predicted molar refractivity (Wildman–Crippen MR) is 94.2 cm³/mol. The zero-order chi connectivity index (χ0) is 17.9. The molecule has 2 amide bonds. The molecule has 1 fully saturated rings. The van der Waals surface area contributed by atoms with E-state index in [1.807, 2.05) is 44.9 Å². The molecule has 7 heteroatoms. The van der Waals surface area contributed by atoms with Crippen molar-refractivity contribution in [3.63, 3.8) is 0 Å². The molecule has 24 heavy (non-hydrogen) atoms. The summed E-state index contributed by atoms with van der Waals surface area (Å²) in [5.41, 5.74) is 0.477. The highest BCUT2D eigenvalue weighted by Crippen LogP contribution is 2.17. The van der Waals surface area contributed by atoms with Gasteiger partial charge in [0.05, 0.1) is 10.7 Å². The lowest BCUT2D eigenvalue weighted by Gasteiger charge is -2.40. The zero-order valence-corrected chi connectivity index (χ0v) is 16.0. The van der Waals surface area contributed by atoms with Gasteiger partial charge in [0.25, 0.3) is 0 Å². The number of ether oxygens (including phenoxy) is 1. The van der Waals surface area contributed by atoms with Crippen LogP contribution in [0.2, 0.25) is 0 Å². The largest absolute Gasteiger partial charge is 0.444 e. The second kappa shape index (κ2) is 7.51. The third-order valence-electron chi connectivity index (χ3n) is 3.86. The average Bonchev–Trinajstić information content (AvgIpc) is 2.88. The van der Waals surface area contributed by atoms with Crippen molar-refractivity contribution in [2.75, 3.05) is 19.6 Å². The maximum absolute atomic E-state index is 12.5. The maximum atomic E-state index is 12.5. The zero-order valence-electron chi connectivity index (χ0n) is 15.2. The van der Waals surface area contributed by atoms with Crippen molar-refractivity contribution in [2.45, 2.75) is 59.1 Å². The van der Waals surface area contributed by atoms with Crippen LogP contribution in [-0.2, 0) is 16.0 Å². The smallest absolute Gasteiger partial charge is 0.410 e.